The minimum absolute atomic E-state index is 0.505. The number of esters is 1. The topological polar surface area (TPSA) is 55.8 Å². The maximum Gasteiger partial charge on any atom is 0.411 e. The molecule has 1 heterocycles. The van der Waals surface area contributed by atoms with Gasteiger partial charge in [0.05, 0.1) is 13.0 Å². The van der Waals surface area contributed by atoms with Crippen molar-refractivity contribution in [3.63, 3.8) is 0 Å². The van der Waals surface area contributed by atoms with Crippen molar-refractivity contribution in [2.24, 2.45) is 5.92 Å². The van der Waals surface area contributed by atoms with Crippen LogP contribution < -0.4 is 0 Å². The summed E-state index contributed by atoms with van der Waals surface area (Å²) >= 11 is 0. The van der Waals surface area contributed by atoms with Crippen molar-refractivity contribution in [2.45, 2.75) is 45.0 Å². The van der Waals surface area contributed by atoms with E-state index in [-0.39, 0.29) is 0 Å². The van der Waals surface area contributed by atoms with Crippen LogP contribution in [0.3, 0.4) is 0 Å². The molecule has 1 amide bonds. The zero-order valence-electron chi connectivity index (χ0n) is 11.8. The number of carbonyl (C=O) groups is 2. The standard InChI is InChI=1S/C12H18F3NO4/c1-11(2,3)20-10(18)16-6-7(12(13,14)15)5-8(16)9(17)19-4/h7-8H,5-6H2,1-4H3. The number of likely N-dealkylation sites (tertiary alicyclic amines) is 1. The number of methoxy groups -OCH3 is 1. The van der Waals surface area contributed by atoms with E-state index in [0.29, 0.717) is 0 Å². The Morgan fingerprint density at radius 3 is 2.15 bits per heavy atom. The van der Waals surface area contributed by atoms with E-state index < -0.39 is 48.8 Å². The highest BCUT2D eigenvalue weighted by Gasteiger charge is 2.52. The molecular formula is C12H18F3NO4. The predicted octanol–water partition coefficient (Wildman–Crippen LogP) is 2.35. The fraction of sp³-hybridized carbons (Fsp3) is 0.833. The lowest BCUT2D eigenvalue weighted by Crippen LogP contribution is -2.44. The Morgan fingerprint density at radius 2 is 1.75 bits per heavy atom. The molecule has 5 nitrogen and oxygen atoms in total. The van der Waals surface area contributed by atoms with Crippen LogP contribution in [-0.2, 0) is 14.3 Å². The first kappa shape index (κ1) is 16.6. The summed E-state index contributed by atoms with van der Waals surface area (Å²) < 4.78 is 47.7. The van der Waals surface area contributed by atoms with Crippen molar-refractivity contribution in [1.82, 2.24) is 4.90 Å². The quantitative estimate of drug-likeness (QED) is 0.697. The summed E-state index contributed by atoms with van der Waals surface area (Å²) in [4.78, 5) is 24.2. The van der Waals surface area contributed by atoms with Crippen LogP contribution in [0.4, 0.5) is 18.0 Å². The second kappa shape index (κ2) is 5.49. The average molecular weight is 297 g/mol. The number of carbonyl (C=O) groups excluding carboxylic acids is 2. The Balaban J connectivity index is 2.90. The van der Waals surface area contributed by atoms with Crippen molar-refractivity contribution in [2.75, 3.05) is 13.7 Å². The van der Waals surface area contributed by atoms with E-state index in [2.05, 4.69) is 4.74 Å². The summed E-state index contributed by atoms with van der Waals surface area (Å²) in [7, 11) is 1.07. The van der Waals surface area contributed by atoms with Crippen LogP contribution in [0.1, 0.15) is 27.2 Å². The Morgan fingerprint density at radius 1 is 1.20 bits per heavy atom. The van der Waals surface area contributed by atoms with Crippen molar-refractivity contribution in [3.05, 3.63) is 0 Å². The zero-order valence-corrected chi connectivity index (χ0v) is 11.8. The van der Waals surface area contributed by atoms with Gasteiger partial charge in [0.15, 0.2) is 0 Å². The third kappa shape index (κ3) is 4.01. The maximum absolute atomic E-state index is 12.7. The summed E-state index contributed by atoms with van der Waals surface area (Å²) in [6.07, 6.45) is -5.92. The fourth-order valence-electron chi connectivity index (χ4n) is 1.95. The third-order valence-corrected chi connectivity index (χ3v) is 2.87. The van der Waals surface area contributed by atoms with Crippen LogP contribution in [0.5, 0.6) is 0 Å². The lowest BCUT2D eigenvalue weighted by Gasteiger charge is -2.27. The molecule has 0 aliphatic carbocycles. The van der Waals surface area contributed by atoms with Gasteiger partial charge in [0.1, 0.15) is 11.6 Å². The highest BCUT2D eigenvalue weighted by Crippen LogP contribution is 2.37. The highest BCUT2D eigenvalue weighted by atomic mass is 19.4. The molecule has 1 aliphatic rings. The van der Waals surface area contributed by atoms with Gasteiger partial charge >= 0.3 is 18.2 Å². The van der Waals surface area contributed by atoms with E-state index >= 15 is 0 Å². The summed E-state index contributed by atoms with van der Waals surface area (Å²) in [6.45, 7) is 4.18. The SMILES string of the molecule is COC(=O)C1CC(C(F)(F)F)CN1C(=O)OC(C)(C)C. The van der Waals surface area contributed by atoms with Gasteiger partial charge < -0.3 is 9.47 Å². The molecule has 0 aromatic rings. The van der Waals surface area contributed by atoms with Crippen molar-refractivity contribution in [1.29, 1.82) is 0 Å². The molecule has 20 heavy (non-hydrogen) atoms. The third-order valence-electron chi connectivity index (χ3n) is 2.87. The number of halogens is 3. The zero-order chi connectivity index (χ0) is 15.7. The molecule has 0 saturated carbocycles. The molecule has 116 valence electrons. The number of nitrogens with zero attached hydrogens (tertiary/aromatic N) is 1. The summed E-state index contributed by atoms with van der Waals surface area (Å²) in [5.74, 6) is -2.62. The molecule has 0 spiro atoms. The largest absolute Gasteiger partial charge is 0.467 e. The van der Waals surface area contributed by atoms with Gasteiger partial charge in [-0.3, -0.25) is 4.90 Å². The number of hydrogen-bond donors (Lipinski definition) is 0. The van der Waals surface area contributed by atoms with Gasteiger partial charge in [0.2, 0.25) is 0 Å². The van der Waals surface area contributed by atoms with Crippen molar-refractivity contribution < 1.29 is 32.2 Å². The number of amides is 1. The molecule has 1 rings (SSSR count). The van der Waals surface area contributed by atoms with E-state index in [0.717, 1.165) is 12.0 Å². The van der Waals surface area contributed by atoms with Crippen LogP contribution in [0.25, 0.3) is 0 Å². The summed E-state index contributed by atoms with van der Waals surface area (Å²) in [6, 6.07) is -1.26. The van der Waals surface area contributed by atoms with Crippen molar-refractivity contribution >= 4 is 12.1 Å². The fourth-order valence-corrected chi connectivity index (χ4v) is 1.95. The van der Waals surface area contributed by atoms with E-state index in [1.165, 1.54) is 0 Å². The molecule has 0 aromatic carbocycles. The first-order valence-electron chi connectivity index (χ1n) is 6.10. The Bertz CT molecular complexity index is 389. The van der Waals surface area contributed by atoms with Crippen LogP contribution >= 0.6 is 0 Å². The smallest absolute Gasteiger partial charge is 0.411 e. The summed E-state index contributed by atoms with van der Waals surface area (Å²) in [5.41, 5.74) is -0.853. The molecular weight excluding hydrogens is 279 g/mol. The highest BCUT2D eigenvalue weighted by molar-refractivity contribution is 5.82. The lowest BCUT2D eigenvalue weighted by molar-refractivity contribution is -0.170. The predicted molar refractivity (Wildman–Crippen MR) is 62.9 cm³/mol. The van der Waals surface area contributed by atoms with Crippen molar-refractivity contribution in [3.8, 4) is 0 Å². The molecule has 2 unspecified atom stereocenters. The molecule has 1 aliphatic heterocycles. The van der Waals surface area contributed by atoms with Gasteiger partial charge in [-0.05, 0) is 27.2 Å². The first-order valence-corrected chi connectivity index (χ1v) is 6.10. The average Bonchev–Trinajstić information content (AvgIpc) is 2.69. The monoisotopic (exact) mass is 297 g/mol. The van der Waals surface area contributed by atoms with Crippen LogP contribution in [0, 0.1) is 5.92 Å². The molecule has 8 heteroatoms. The van der Waals surface area contributed by atoms with E-state index in [4.69, 9.17) is 4.74 Å². The lowest BCUT2D eigenvalue weighted by atomic mass is 10.1. The minimum atomic E-state index is -4.47. The second-order valence-corrected chi connectivity index (χ2v) is 5.65. The maximum atomic E-state index is 12.7. The Hall–Kier alpha value is -1.47. The van der Waals surface area contributed by atoms with Crippen LogP contribution in [-0.4, -0.2) is 48.4 Å². The van der Waals surface area contributed by atoms with Gasteiger partial charge in [-0.15, -0.1) is 0 Å². The Labute approximate surface area is 115 Å². The Kier molecular flexibility index (Phi) is 4.55. The molecule has 0 bridgehead atoms. The van der Waals surface area contributed by atoms with Gasteiger partial charge in [-0.2, -0.15) is 13.2 Å². The van der Waals surface area contributed by atoms with Gasteiger partial charge in [-0.1, -0.05) is 0 Å². The molecule has 0 aromatic heterocycles. The minimum Gasteiger partial charge on any atom is -0.467 e. The normalized spacial score (nSPS) is 23.6. The first-order chi connectivity index (χ1) is 8.95. The number of rotatable bonds is 1. The second-order valence-electron chi connectivity index (χ2n) is 5.65. The molecule has 2 atom stereocenters. The van der Waals surface area contributed by atoms with E-state index in [9.17, 15) is 22.8 Å². The molecule has 0 radical (unpaired) electrons. The number of alkyl halides is 3. The number of ether oxygens (including phenoxy) is 2. The number of hydrogen-bond acceptors (Lipinski definition) is 4. The van der Waals surface area contributed by atoms with Gasteiger partial charge in [-0.25, -0.2) is 9.59 Å². The van der Waals surface area contributed by atoms with Crippen LogP contribution in [0.15, 0.2) is 0 Å². The molecule has 1 fully saturated rings. The van der Waals surface area contributed by atoms with E-state index in [1.807, 2.05) is 0 Å². The summed E-state index contributed by atoms with van der Waals surface area (Å²) in [5, 5.41) is 0. The van der Waals surface area contributed by atoms with Crippen LogP contribution in [0.2, 0.25) is 0 Å². The molecule has 0 N–H and O–H groups in total. The van der Waals surface area contributed by atoms with Gasteiger partial charge in [0, 0.05) is 6.54 Å². The van der Waals surface area contributed by atoms with Gasteiger partial charge in [0.25, 0.3) is 0 Å². The molecule has 1 saturated heterocycles. The van der Waals surface area contributed by atoms with E-state index in [1.54, 1.807) is 20.8 Å².